The molecular formula is C42H48N6O11. The van der Waals surface area contributed by atoms with Gasteiger partial charge in [0.1, 0.15) is 47.7 Å². The van der Waals surface area contributed by atoms with Crippen molar-refractivity contribution in [3.8, 4) is 34.4 Å². The number of fused-ring (bicyclic) bond motifs is 1. The number of carbonyl (C=O) groups excluding carboxylic acids is 4. The normalized spacial score (nSPS) is 15.4. The number of rotatable bonds is 14. The van der Waals surface area contributed by atoms with E-state index < -0.39 is 41.1 Å². The maximum atomic E-state index is 13.7. The molecule has 0 spiro atoms. The molecule has 59 heavy (non-hydrogen) atoms. The van der Waals surface area contributed by atoms with Crippen molar-refractivity contribution in [3.63, 3.8) is 0 Å². The summed E-state index contributed by atoms with van der Waals surface area (Å²) in [7, 11) is 3.21. The summed E-state index contributed by atoms with van der Waals surface area (Å²) in [6.07, 6.45) is 0.756. The summed E-state index contributed by atoms with van der Waals surface area (Å²) in [5, 5.41) is 12.1. The molecular weight excluding hydrogens is 764 g/mol. The number of pyridine rings is 1. The van der Waals surface area contributed by atoms with Crippen molar-refractivity contribution in [1.82, 2.24) is 30.8 Å². The van der Waals surface area contributed by atoms with Gasteiger partial charge in [-0.05, 0) is 76.9 Å². The van der Waals surface area contributed by atoms with Gasteiger partial charge in [0.05, 0.1) is 44.8 Å². The van der Waals surface area contributed by atoms with Gasteiger partial charge in [-0.15, -0.1) is 0 Å². The Hall–Kier alpha value is -6.62. The van der Waals surface area contributed by atoms with Crippen LogP contribution >= 0.6 is 0 Å². The standard InChI is InChI=1S/C42H48N6O11/c1-41(2,3)57-39(51)36-30(21-47-22-33(38(50)48(36)47)45-40(52)58-42(4,5)6)37(49)44-19-29-17-32(46-59-29)31-18-34(55-23-25-9-13-27(53-7)14-10-25)35(20-43-31)56-24-26-11-15-28(54-8)16-12-26/h9-18,20,33H,19,21-24H2,1-8H3,(H,44,49)(H,45,52)/t33-/m0/s1. The van der Waals surface area contributed by atoms with E-state index in [1.54, 1.807) is 74.1 Å². The average molecular weight is 813 g/mol. The summed E-state index contributed by atoms with van der Waals surface area (Å²) in [4.78, 5) is 57.7. The second-order valence-corrected chi connectivity index (χ2v) is 15.7. The van der Waals surface area contributed by atoms with Gasteiger partial charge in [-0.25, -0.2) is 19.6 Å². The number of esters is 1. The second-order valence-electron chi connectivity index (χ2n) is 15.7. The highest BCUT2D eigenvalue weighted by molar-refractivity contribution is 6.07. The summed E-state index contributed by atoms with van der Waals surface area (Å²) >= 11 is 0. The Morgan fingerprint density at radius 3 is 1.98 bits per heavy atom. The number of hydrogen-bond donors (Lipinski definition) is 2. The van der Waals surface area contributed by atoms with Crippen LogP contribution in [-0.2, 0) is 43.6 Å². The van der Waals surface area contributed by atoms with E-state index >= 15 is 0 Å². The van der Waals surface area contributed by atoms with Crippen molar-refractivity contribution in [1.29, 1.82) is 0 Å². The molecule has 1 atom stereocenters. The Morgan fingerprint density at radius 1 is 0.814 bits per heavy atom. The lowest BCUT2D eigenvalue weighted by atomic mass is 10.1. The molecule has 312 valence electrons. The maximum Gasteiger partial charge on any atom is 0.408 e. The van der Waals surface area contributed by atoms with Crippen LogP contribution < -0.4 is 29.6 Å². The highest BCUT2D eigenvalue weighted by Crippen LogP contribution is 2.34. The quantitative estimate of drug-likeness (QED) is 0.160. The molecule has 4 aromatic rings. The first-order valence-electron chi connectivity index (χ1n) is 18.8. The van der Waals surface area contributed by atoms with E-state index in [2.05, 4.69) is 20.8 Å². The number of nitrogens with one attached hydrogen (secondary N) is 2. The van der Waals surface area contributed by atoms with Gasteiger partial charge in [0.15, 0.2) is 23.0 Å². The number of alkyl carbamates (subject to hydrolysis) is 1. The van der Waals surface area contributed by atoms with E-state index in [-0.39, 0.29) is 49.9 Å². The lowest BCUT2D eigenvalue weighted by molar-refractivity contribution is -0.156. The zero-order valence-corrected chi connectivity index (χ0v) is 34.2. The molecule has 17 nitrogen and oxygen atoms in total. The van der Waals surface area contributed by atoms with Gasteiger partial charge in [0.25, 0.3) is 11.8 Å². The van der Waals surface area contributed by atoms with Gasteiger partial charge in [-0.2, -0.15) is 0 Å². The first-order valence-corrected chi connectivity index (χ1v) is 18.8. The van der Waals surface area contributed by atoms with Gasteiger partial charge in [0.2, 0.25) is 0 Å². The van der Waals surface area contributed by atoms with Gasteiger partial charge < -0.3 is 43.6 Å². The molecule has 0 saturated carbocycles. The largest absolute Gasteiger partial charge is 0.497 e. The van der Waals surface area contributed by atoms with Crippen LogP contribution in [0.2, 0.25) is 0 Å². The Kier molecular flexibility index (Phi) is 12.4. The summed E-state index contributed by atoms with van der Waals surface area (Å²) < 4.78 is 39.3. The van der Waals surface area contributed by atoms with E-state index in [0.717, 1.165) is 27.6 Å². The van der Waals surface area contributed by atoms with Crippen LogP contribution in [0.15, 0.2) is 82.7 Å². The molecule has 2 aromatic heterocycles. The second kappa shape index (κ2) is 17.5. The molecule has 2 aliphatic rings. The van der Waals surface area contributed by atoms with Gasteiger partial charge in [-0.3, -0.25) is 14.6 Å². The zero-order valence-electron chi connectivity index (χ0n) is 34.2. The van der Waals surface area contributed by atoms with Crippen molar-refractivity contribution in [3.05, 3.63) is 95.0 Å². The molecule has 3 amide bonds. The Bertz CT molecular complexity index is 2200. The van der Waals surface area contributed by atoms with Crippen molar-refractivity contribution in [2.75, 3.05) is 27.3 Å². The molecule has 1 fully saturated rings. The van der Waals surface area contributed by atoms with Crippen LogP contribution in [0.3, 0.4) is 0 Å². The number of aromatic nitrogens is 2. The average Bonchev–Trinajstić information content (AvgIpc) is 3.89. The number of carbonyl (C=O) groups is 4. The minimum absolute atomic E-state index is 0.00324. The van der Waals surface area contributed by atoms with E-state index in [1.807, 2.05) is 48.5 Å². The molecule has 6 rings (SSSR count). The van der Waals surface area contributed by atoms with E-state index in [4.69, 9.17) is 32.9 Å². The highest BCUT2D eigenvalue weighted by Gasteiger charge is 2.50. The van der Waals surface area contributed by atoms with Crippen LogP contribution in [0.1, 0.15) is 58.4 Å². The summed E-state index contributed by atoms with van der Waals surface area (Å²) in [6.45, 7) is 10.4. The van der Waals surface area contributed by atoms with Crippen LogP contribution in [0, 0.1) is 0 Å². The third-order valence-electron chi connectivity index (χ3n) is 8.76. The Balaban J connectivity index is 1.17. The predicted octanol–water partition coefficient (Wildman–Crippen LogP) is 5.09. The van der Waals surface area contributed by atoms with Crippen molar-refractivity contribution in [2.24, 2.45) is 0 Å². The van der Waals surface area contributed by atoms with E-state index in [1.165, 1.54) is 5.01 Å². The first kappa shape index (κ1) is 42.0. The third-order valence-corrected chi connectivity index (χ3v) is 8.76. The monoisotopic (exact) mass is 812 g/mol. The van der Waals surface area contributed by atoms with Gasteiger partial charge in [0, 0.05) is 18.7 Å². The molecule has 17 heteroatoms. The number of methoxy groups -OCH3 is 2. The maximum absolute atomic E-state index is 13.7. The number of ether oxygens (including phenoxy) is 6. The number of hydrazine groups is 1. The fourth-order valence-corrected chi connectivity index (χ4v) is 6.04. The van der Waals surface area contributed by atoms with Crippen LogP contribution in [0.25, 0.3) is 11.4 Å². The Labute approximate surface area is 341 Å². The molecule has 0 bridgehead atoms. The zero-order chi connectivity index (χ0) is 42.5. The van der Waals surface area contributed by atoms with Crippen LogP contribution in [0.5, 0.6) is 23.0 Å². The highest BCUT2D eigenvalue weighted by atomic mass is 16.6. The Morgan fingerprint density at radius 2 is 1.41 bits per heavy atom. The topological polar surface area (TPSA) is 193 Å². The fourth-order valence-electron chi connectivity index (χ4n) is 6.04. The fraction of sp³-hybridized carbons (Fsp3) is 0.381. The number of benzene rings is 2. The van der Waals surface area contributed by atoms with E-state index in [0.29, 0.717) is 22.9 Å². The van der Waals surface area contributed by atoms with Crippen molar-refractivity contribution in [2.45, 2.75) is 78.5 Å². The van der Waals surface area contributed by atoms with Crippen LogP contribution in [-0.4, -0.2) is 88.6 Å². The van der Waals surface area contributed by atoms with Crippen molar-refractivity contribution < 1.29 is 52.1 Å². The minimum atomic E-state index is -1.02. The molecule has 1 saturated heterocycles. The predicted molar refractivity (Wildman–Crippen MR) is 211 cm³/mol. The van der Waals surface area contributed by atoms with Crippen molar-refractivity contribution >= 4 is 23.9 Å². The molecule has 0 radical (unpaired) electrons. The molecule has 2 N–H and O–H groups in total. The first-order chi connectivity index (χ1) is 28.0. The molecule has 0 unspecified atom stereocenters. The number of hydrogen-bond acceptors (Lipinski definition) is 14. The number of amides is 3. The molecule has 2 aliphatic heterocycles. The SMILES string of the molecule is COc1ccc(COc2cnc(-c3cc(CNC(=O)C4=C(C(=O)OC(C)(C)C)N5C(=O)[C@@H](NC(=O)OC(C)(C)C)CN5C4)on3)cc2OCc2ccc(OC)cc2)cc1. The van der Waals surface area contributed by atoms with E-state index in [9.17, 15) is 19.2 Å². The lowest BCUT2D eigenvalue weighted by Crippen LogP contribution is -2.45. The number of nitrogens with zero attached hydrogens (tertiary/aromatic N) is 4. The minimum Gasteiger partial charge on any atom is -0.497 e. The smallest absolute Gasteiger partial charge is 0.408 e. The summed E-state index contributed by atoms with van der Waals surface area (Å²) in [5.74, 6) is 0.438. The summed E-state index contributed by atoms with van der Waals surface area (Å²) in [5.41, 5.74) is 0.639. The lowest BCUT2D eigenvalue weighted by Gasteiger charge is -2.24. The van der Waals surface area contributed by atoms with Gasteiger partial charge >= 0.3 is 12.1 Å². The molecule has 4 heterocycles. The van der Waals surface area contributed by atoms with Crippen LogP contribution in [0.4, 0.5) is 4.79 Å². The molecule has 2 aromatic carbocycles. The summed E-state index contributed by atoms with van der Waals surface area (Å²) in [6, 6.07) is 17.3. The third kappa shape index (κ3) is 10.7. The van der Waals surface area contributed by atoms with Gasteiger partial charge in [-0.1, -0.05) is 29.4 Å². The molecule has 0 aliphatic carbocycles.